The molecule has 1 aliphatic carbocycles. The first-order valence-electron chi connectivity index (χ1n) is 20.7. The number of para-hydroxylation sites is 2. The number of imide groups is 1. The fourth-order valence-electron chi connectivity index (χ4n) is 8.25. The lowest BCUT2D eigenvalue weighted by Gasteiger charge is -2.36. The molecule has 1 saturated carbocycles. The first-order chi connectivity index (χ1) is 30.5. The number of piperidine rings is 1. The van der Waals surface area contributed by atoms with Gasteiger partial charge in [-0.2, -0.15) is 0 Å². The Kier molecular flexibility index (Phi) is 12.5. The van der Waals surface area contributed by atoms with E-state index in [0.29, 0.717) is 65.0 Å². The topological polar surface area (TPSA) is 200 Å². The zero-order valence-electron chi connectivity index (χ0n) is 35.4. The molecule has 2 fully saturated rings. The van der Waals surface area contributed by atoms with Gasteiger partial charge in [0.25, 0.3) is 5.91 Å². The van der Waals surface area contributed by atoms with Gasteiger partial charge in [-0.3, -0.25) is 28.8 Å². The molecule has 4 N–H and O–H groups in total. The molecule has 1 saturated heterocycles. The van der Waals surface area contributed by atoms with Gasteiger partial charge in [-0.05, 0) is 74.0 Å². The Balaban J connectivity index is 0.827. The third-order valence-electron chi connectivity index (χ3n) is 11.5. The summed E-state index contributed by atoms with van der Waals surface area (Å²) >= 11 is 0. The number of methoxy groups -OCH3 is 1. The van der Waals surface area contributed by atoms with Crippen molar-refractivity contribution in [3.8, 4) is 17.1 Å². The molecule has 17 nitrogen and oxygen atoms in total. The van der Waals surface area contributed by atoms with Crippen molar-refractivity contribution < 1.29 is 28.2 Å². The molecule has 2 aliphatic rings. The van der Waals surface area contributed by atoms with Crippen molar-refractivity contribution in [1.82, 2.24) is 44.6 Å². The maximum absolute atomic E-state index is 13.5. The molecule has 5 heterocycles. The number of nitrogens with one attached hydrogen (secondary N) is 4. The molecule has 3 amide bonds. The number of aryl methyl sites for hydroxylation is 1. The minimum atomic E-state index is -0.712. The molecule has 8 rings (SSSR count). The molecule has 1 aliphatic heterocycles. The van der Waals surface area contributed by atoms with E-state index in [1.807, 2.05) is 30.5 Å². The summed E-state index contributed by atoms with van der Waals surface area (Å²) in [4.78, 5) is 70.0. The van der Waals surface area contributed by atoms with Crippen LogP contribution in [0.5, 0.6) is 5.75 Å². The lowest BCUT2D eigenvalue weighted by atomic mass is 9.77. The molecule has 0 spiro atoms. The quantitative estimate of drug-likeness (QED) is 0.0719. The second-order valence-electron chi connectivity index (χ2n) is 15.8. The number of imidazole rings is 1. The van der Waals surface area contributed by atoms with Crippen LogP contribution in [0, 0.1) is 5.82 Å². The zero-order valence-corrected chi connectivity index (χ0v) is 35.4. The predicted molar refractivity (Wildman–Crippen MR) is 234 cm³/mol. The highest BCUT2D eigenvalue weighted by Crippen LogP contribution is 2.42. The number of carbonyl (C=O) groups is 3. The van der Waals surface area contributed by atoms with Gasteiger partial charge >= 0.3 is 5.69 Å². The summed E-state index contributed by atoms with van der Waals surface area (Å²) in [5.74, 6) is 0.291. The highest BCUT2D eigenvalue weighted by molar-refractivity contribution is 6.01. The number of pyridine rings is 2. The minimum absolute atomic E-state index is 0.132. The number of anilines is 4. The Bertz CT molecular complexity index is 2720. The summed E-state index contributed by atoms with van der Waals surface area (Å²) in [5.41, 5.74) is 5.18. The number of rotatable bonds is 16. The lowest BCUT2D eigenvalue weighted by molar-refractivity contribution is -0.135. The van der Waals surface area contributed by atoms with E-state index in [-0.39, 0.29) is 41.8 Å². The lowest BCUT2D eigenvalue weighted by Crippen LogP contribution is -2.44. The van der Waals surface area contributed by atoms with Gasteiger partial charge in [-0.1, -0.05) is 24.3 Å². The first-order valence-corrected chi connectivity index (χ1v) is 20.7. The van der Waals surface area contributed by atoms with Crippen LogP contribution in [-0.4, -0.2) is 92.2 Å². The molecule has 0 bridgehead atoms. The van der Waals surface area contributed by atoms with Crippen molar-refractivity contribution in [2.24, 2.45) is 7.05 Å². The number of ether oxygens (including phenoxy) is 2. The van der Waals surface area contributed by atoms with E-state index in [1.54, 1.807) is 35.9 Å². The number of nitrogens with zero attached hydrogens (tertiary/aromatic N) is 7. The SMILES string of the molecule is CNC(=O)c1cnc(Nc2ccc(CN(C)CCCOC3CC(c4cccc5c4n(C)c(=O)n5C4CCC(=O)NC4=O)C3)cn2)cc1Nc1cccc(-c2ncc(F)cn2)c1OC. The zero-order chi connectivity index (χ0) is 44.2. The fourth-order valence-corrected chi connectivity index (χ4v) is 8.25. The maximum atomic E-state index is 13.5. The van der Waals surface area contributed by atoms with Gasteiger partial charge in [0.1, 0.15) is 17.7 Å². The van der Waals surface area contributed by atoms with E-state index in [1.165, 1.54) is 24.9 Å². The van der Waals surface area contributed by atoms with Gasteiger partial charge in [0.2, 0.25) is 11.8 Å². The Morgan fingerprint density at radius 3 is 2.46 bits per heavy atom. The van der Waals surface area contributed by atoms with Crippen molar-refractivity contribution in [3.05, 3.63) is 112 Å². The summed E-state index contributed by atoms with van der Waals surface area (Å²) in [7, 11) is 6.84. The predicted octanol–water partition coefficient (Wildman–Crippen LogP) is 5.34. The van der Waals surface area contributed by atoms with Crippen molar-refractivity contribution in [2.75, 3.05) is 45.0 Å². The number of aromatic nitrogens is 6. The molecule has 326 valence electrons. The Morgan fingerprint density at radius 2 is 1.73 bits per heavy atom. The minimum Gasteiger partial charge on any atom is -0.494 e. The highest BCUT2D eigenvalue weighted by atomic mass is 19.1. The van der Waals surface area contributed by atoms with Gasteiger partial charge in [0.05, 0.1) is 59.1 Å². The Hall–Kier alpha value is -7.05. The second-order valence-corrected chi connectivity index (χ2v) is 15.8. The van der Waals surface area contributed by atoms with Gasteiger partial charge in [-0.25, -0.2) is 29.1 Å². The van der Waals surface area contributed by atoms with E-state index in [0.717, 1.165) is 54.8 Å². The van der Waals surface area contributed by atoms with E-state index in [2.05, 4.69) is 59.2 Å². The molecule has 2 aromatic carbocycles. The molecular formula is C45H48FN11O6. The molecular weight excluding hydrogens is 810 g/mol. The summed E-state index contributed by atoms with van der Waals surface area (Å²) < 4.78 is 28.6. The van der Waals surface area contributed by atoms with Crippen molar-refractivity contribution in [2.45, 2.75) is 56.7 Å². The third kappa shape index (κ3) is 9.12. The standard InChI is InChI=1S/C45H48FN11O6/c1-47-43(59)32-24-49-38(20-34(32)52-33-10-5-9-31(41(33)62-4)42-50-22-28(46)23-51-42)53-37-14-12-26(21-48-37)25-55(2)16-7-17-63-29-18-27(19-29)30-8-6-11-35-40(30)56(3)45(61)57(35)36-13-15-39(58)54-44(36)60/h5-6,8-12,14,20-24,27,29,36H,7,13,15-19,25H2,1-4H3,(H,47,59)(H,54,58,60)(H2,48,49,52,53). The third-order valence-corrected chi connectivity index (χ3v) is 11.5. The van der Waals surface area contributed by atoms with Crippen molar-refractivity contribution >= 4 is 51.8 Å². The van der Waals surface area contributed by atoms with Crippen LogP contribution in [0.3, 0.4) is 0 Å². The fraction of sp³-hybridized carbons (Fsp3) is 0.333. The monoisotopic (exact) mass is 857 g/mol. The molecule has 18 heteroatoms. The van der Waals surface area contributed by atoms with Gasteiger partial charge in [-0.15, -0.1) is 0 Å². The number of amides is 3. The van der Waals surface area contributed by atoms with Crippen molar-refractivity contribution in [1.29, 1.82) is 0 Å². The van der Waals surface area contributed by atoms with Crippen LogP contribution in [0.4, 0.5) is 27.4 Å². The smallest absolute Gasteiger partial charge is 0.329 e. The average molecular weight is 858 g/mol. The summed E-state index contributed by atoms with van der Waals surface area (Å²) in [6.45, 7) is 2.14. The van der Waals surface area contributed by atoms with Gasteiger partial charge < -0.3 is 30.3 Å². The first kappa shape index (κ1) is 42.6. The number of hydrogen-bond donors (Lipinski definition) is 4. The molecule has 63 heavy (non-hydrogen) atoms. The summed E-state index contributed by atoms with van der Waals surface area (Å²) in [6.07, 6.45) is 8.63. The van der Waals surface area contributed by atoms with E-state index >= 15 is 0 Å². The number of halogens is 1. The van der Waals surface area contributed by atoms with Crippen LogP contribution < -0.4 is 31.7 Å². The summed E-state index contributed by atoms with van der Waals surface area (Å²) in [6, 6.07) is 16.0. The van der Waals surface area contributed by atoms with Gasteiger partial charge in [0, 0.05) is 58.7 Å². The molecule has 4 aromatic heterocycles. The molecule has 0 radical (unpaired) electrons. The van der Waals surface area contributed by atoms with Crippen LogP contribution in [0.25, 0.3) is 22.4 Å². The van der Waals surface area contributed by atoms with E-state index < -0.39 is 17.8 Å². The normalized spacial score (nSPS) is 17.3. The highest BCUT2D eigenvalue weighted by Gasteiger charge is 2.35. The van der Waals surface area contributed by atoms with Gasteiger partial charge in [0.15, 0.2) is 17.4 Å². The van der Waals surface area contributed by atoms with Crippen LogP contribution in [0.2, 0.25) is 0 Å². The van der Waals surface area contributed by atoms with Crippen LogP contribution in [-0.2, 0) is 27.9 Å². The maximum Gasteiger partial charge on any atom is 0.329 e. The number of fused-ring (bicyclic) bond motifs is 1. The number of carbonyl (C=O) groups excluding carboxylic acids is 3. The molecule has 1 atom stereocenters. The van der Waals surface area contributed by atoms with Crippen molar-refractivity contribution in [3.63, 3.8) is 0 Å². The molecule has 1 unspecified atom stereocenters. The largest absolute Gasteiger partial charge is 0.494 e. The van der Waals surface area contributed by atoms with E-state index in [9.17, 15) is 23.6 Å². The average Bonchev–Trinajstić information content (AvgIpc) is 3.52. The Morgan fingerprint density at radius 1 is 0.952 bits per heavy atom. The molecule has 6 aromatic rings. The number of benzene rings is 2. The van der Waals surface area contributed by atoms with Crippen LogP contribution >= 0.6 is 0 Å². The van der Waals surface area contributed by atoms with Crippen LogP contribution in [0.15, 0.2) is 84.2 Å². The Labute approximate surface area is 362 Å². The van der Waals surface area contributed by atoms with Crippen LogP contribution in [0.1, 0.15) is 65.5 Å². The second kappa shape index (κ2) is 18.5. The summed E-state index contributed by atoms with van der Waals surface area (Å²) in [5, 5.41) is 11.5. The number of hydrogen-bond acceptors (Lipinski definition) is 13. The van der Waals surface area contributed by atoms with E-state index in [4.69, 9.17) is 9.47 Å².